The highest BCUT2D eigenvalue weighted by Crippen LogP contribution is 2.42. The first kappa shape index (κ1) is 37.5. The molecule has 4 fully saturated rings. The number of aliphatic hydroxyl groups is 2. The van der Waals surface area contributed by atoms with E-state index in [-0.39, 0.29) is 66.8 Å². The zero-order valence-corrected chi connectivity index (χ0v) is 30.1. The molecule has 4 heterocycles. The van der Waals surface area contributed by atoms with E-state index in [4.69, 9.17) is 33.2 Å². The molecule has 4 aliphatic heterocycles. The van der Waals surface area contributed by atoms with Crippen molar-refractivity contribution in [2.24, 2.45) is 47.3 Å². The molecule has 4 rings (SSSR count). The smallest absolute Gasteiger partial charge is 0.161 e. The Morgan fingerprint density at radius 1 is 0.444 bits per heavy atom. The van der Waals surface area contributed by atoms with E-state index in [9.17, 15) is 10.2 Å². The summed E-state index contributed by atoms with van der Waals surface area (Å²) in [6.07, 6.45) is -2.37. The van der Waals surface area contributed by atoms with Crippen molar-refractivity contribution in [3.05, 3.63) is 0 Å². The van der Waals surface area contributed by atoms with Crippen LogP contribution in [0, 0.1) is 47.3 Å². The van der Waals surface area contributed by atoms with Crippen LogP contribution in [0.1, 0.15) is 102 Å². The number of aliphatic hydroxyl groups excluding tert-OH is 2. The molecule has 20 atom stereocenters. The molecule has 0 saturated carbocycles. The summed E-state index contributed by atoms with van der Waals surface area (Å²) in [5, 5.41) is 21.4. The third-order valence-electron chi connectivity index (χ3n) is 12.6. The monoisotopic (exact) mass is 642 g/mol. The van der Waals surface area contributed by atoms with Crippen molar-refractivity contribution >= 4 is 0 Å². The highest BCUT2D eigenvalue weighted by molar-refractivity contribution is 4.93. The molecular formula is C36H66O9. The van der Waals surface area contributed by atoms with Crippen molar-refractivity contribution in [2.45, 2.75) is 176 Å². The van der Waals surface area contributed by atoms with Crippen LogP contribution in [-0.4, -0.2) is 90.6 Å². The molecule has 0 aromatic rings. The fraction of sp³-hybridized carbons (Fsp3) is 1.00. The van der Waals surface area contributed by atoms with Crippen LogP contribution >= 0.6 is 0 Å². The number of hydrogen-bond acceptors (Lipinski definition) is 9. The molecule has 264 valence electrons. The van der Waals surface area contributed by atoms with Crippen molar-refractivity contribution in [2.75, 3.05) is 6.61 Å². The Morgan fingerprint density at radius 3 is 1.44 bits per heavy atom. The number of ether oxygens (including phenoxy) is 7. The van der Waals surface area contributed by atoms with Gasteiger partial charge in [-0.05, 0) is 55.8 Å². The van der Waals surface area contributed by atoms with E-state index < -0.39 is 30.7 Å². The molecule has 4 aliphatic rings. The largest absolute Gasteiger partial charge is 0.388 e. The summed E-state index contributed by atoms with van der Waals surface area (Å²) in [6.45, 7) is 26.3. The lowest BCUT2D eigenvalue weighted by molar-refractivity contribution is -0.337. The van der Waals surface area contributed by atoms with Gasteiger partial charge in [-0.3, -0.25) is 0 Å². The maximum atomic E-state index is 10.9. The summed E-state index contributed by atoms with van der Waals surface area (Å²) < 4.78 is 45.5. The average molecular weight is 643 g/mol. The summed E-state index contributed by atoms with van der Waals surface area (Å²) in [5.41, 5.74) is 0. The van der Waals surface area contributed by atoms with Crippen LogP contribution in [0.25, 0.3) is 0 Å². The van der Waals surface area contributed by atoms with Crippen LogP contribution in [-0.2, 0) is 33.2 Å². The highest BCUT2D eigenvalue weighted by atomic mass is 16.7. The molecule has 2 N–H and O–H groups in total. The second kappa shape index (κ2) is 15.9. The van der Waals surface area contributed by atoms with Crippen molar-refractivity contribution in [3.8, 4) is 0 Å². The minimum atomic E-state index is -1.04. The number of hydrogen-bond donors (Lipinski definition) is 2. The minimum absolute atomic E-state index is 0.0763. The zero-order chi connectivity index (χ0) is 33.3. The van der Waals surface area contributed by atoms with Gasteiger partial charge < -0.3 is 43.4 Å². The van der Waals surface area contributed by atoms with Crippen LogP contribution in [0.15, 0.2) is 0 Å². The van der Waals surface area contributed by atoms with E-state index in [1.807, 2.05) is 6.92 Å². The molecule has 0 radical (unpaired) electrons. The summed E-state index contributed by atoms with van der Waals surface area (Å²) >= 11 is 0. The van der Waals surface area contributed by atoms with Gasteiger partial charge in [-0.25, -0.2) is 0 Å². The first-order valence-corrected chi connectivity index (χ1v) is 18.2. The second-order valence-corrected chi connectivity index (χ2v) is 15.1. The van der Waals surface area contributed by atoms with Crippen molar-refractivity contribution in [3.63, 3.8) is 0 Å². The van der Waals surface area contributed by atoms with E-state index in [0.29, 0.717) is 36.7 Å². The van der Waals surface area contributed by atoms with Crippen molar-refractivity contribution in [1.29, 1.82) is 0 Å². The molecule has 0 spiro atoms. The minimum Gasteiger partial charge on any atom is -0.388 e. The van der Waals surface area contributed by atoms with E-state index in [1.165, 1.54) is 0 Å². The topological polar surface area (TPSA) is 105 Å². The SMILES string of the molecule is CCC1OC(OC2C(CC)OC(OCC3OC(OC4C(CC)OC(C)C(O)C4O)C(C)C(C)C3C)C(C)C2C)C(C)C(C)C1C. The first-order chi connectivity index (χ1) is 21.2. The Morgan fingerprint density at radius 2 is 0.889 bits per heavy atom. The van der Waals surface area contributed by atoms with Gasteiger partial charge in [-0.1, -0.05) is 76.2 Å². The zero-order valence-electron chi connectivity index (χ0n) is 30.1. The molecule has 4 saturated heterocycles. The Labute approximate surface area is 273 Å². The van der Waals surface area contributed by atoms with Gasteiger partial charge in [0, 0.05) is 17.8 Å². The molecule has 0 amide bonds. The molecule has 0 bridgehead atoms. The van der Waals surface area contributed by atoms with Gasteiger partial charge in [0.1, 0.15) is 18.3 Å². The molecule has 9 nitrogen and oxygen atoms in total. The van der Waals surface area contributed by atoms with Crippen LogP contribution in [0.5, 0.6) is 0 Å². The molecular weight excluding hydrogens is 576 g/mol. The van der Waals surface area contributed by atoms with Crippen LogP contribution in [0.2, 0.25) is 0 Å². The third kappa shape index (κ3) is 7.78. The molecule has 0 aromatic heterocycles. The predicted molar refractivity (Wildman–Crippen MR) is 172 cm³/mol. The normalized spacial score (nSPS) is 52.9. The van der Waals surface area contributed by atoms with Gasteiger partial charge in [0.25, 0.3) is 0 Å². The fourth-order valence-corrected chi connectivity index (χ4v) is 8.05. The van der Waals surface area contributed by atoms with Gasteiger partial charge in [-0.2, -0.15) is 0 Å². The maximum Gasteiger partial charge on any atom is 0.161 e. The van der Waals surface area contributed by atoms with Crippen LogP contribution in [0.4, 0.5) is 0 Å². The third-order valence-corrected chi connectivity index (χ3v) is 12.6. The molecule has 0 aromatic carbocycles. The Bertz CT molecular complexity index is 900. The lowest BCUT2D eigenvalue weighted by Crippen LogP contribution is -2.60. The van der Waals surface area contributed by atoms with Gasteiger partial charge in [0.05, 0.1) is 43.2 Å². The molecule has 45 heavy (non-hydrogen) atoms. The summed E-state index contributed by atoms with van der Waals surface area (Å²) in [5.74, 6) is 2.28. The molecule has 0 aliphatic carbocycles. The summed E-state index contributed by atoms with van der Waals surface area (Å²) in [4.78, 5) is 0. The maximum absolute atomic E-state index is 10.9. The van der Waals surface area contributed by atoms with Crippen molar-refractivity contribution in [1.82, 2.24) is 0 Å². The van der Waals surface area contributed by atoms with E-state index >= 15 is 0 Å². The summed E-state index contributed by atoms with van der Waals surface area (Å²) in [6, 6.07) is 0. The highest BCUT2D eigenvalue weighted by Gasteiger charge is 2.49. The van der Waals surface area contributed by atoms with Gasteiger partial charge >= 0.3 is 0 Å². The summed E-state index contributed by atoms with van der Waals surface area (Å²) in [7, 11) is 0. The Balaban J connectivity index is 1.39. The van der Waals surface area contributed by atoms with E-state index in [2.05, 4.69) is 69.2 Å². The quantitative estimate of drug-likeness (QED) is 0.307. The predicted octanol–water partition coefficient (Wildman–Crippen LogP) is 5.78. The van der Waals surface area contributed by atoms with Crippen molar-refractivity contribution < 1.29 is 43.4 Å². The van der Waals surface area contributed by atoms with Gasteiger partial charge in [0.15, 0.2) is 18.9 Å². The first-order valence-electron chi connectivity index (χ1n) is 18.2. The molecule has 20 unspecified atom stereocenters. The fourth-order valence-electron chi connectivity index (χ4n) is 8.05. The standard InChI is InChI=1S/C36H66O9/c1-13-26-19(6)17(4)22(9)35(41-26)44-32-21(8)24(11)34(42-27(32)14-2)39-16-29-20(7)18(5)23(10)36(43-29)45-33-28(15-3)40-25(12)30(37)31(33)38/h17-38H,13-16H2,1-12H3. The van der Waals surface area contributed by atoms with E-state index in [1.54, 1.807) is 6.92 Å². The molecule has 9 heteroatoms. The lowest BCUT2D eigenvalue weighted by Gasteiger charge is -2.50. The lowest BCUT2D eigenvalue weighted by atomic mass is 9.78. The second-order valence-electron chi connectivity index (χ2n) is 15.1. The van der Waals surface area contributed by atoms with Crippen LogP contribution < -0.4 is 0 Å². The van der Waals surface area contributed by atoms with Crippen LogP contribution in [0.3, 0.4) is 0 Å². The van der Waals surface area contributed by atoms with E-state index in [0.717, 1.165) is 12.8 Å². The number of rotatable bonds is 10. The van der Waals surface area contributed by atoms with Gasteiger partial charge in [0.2, 0.25) is 0 Å². The van der Waals surface area contributed by atoms with Gasteiger partial charge in [-0.15, -0.1) is 0 Å². The Kier molecular flexibility index (Phi) is 13.2. The Hall–Kier alpha value is -0.360. The average Bonchev–Trinajstić information content (AvgIpc) is 3.03.